The molecule has 4 heterocycles. The van der Waals surface area contributed by atoms with E-state index < -0.39 is 0 Å². The van der Waals surface area contributed by atoms with Crippen molar-refractivity contribution in [2.24, 2.45) is 13.0 Å². The monoisotopic (exact) mass is 461 g/mol. The van der Waals surface area contributed by atoms with Gasteiger partial charge >= 0.3 is 0 Å². The van der Waals surface area contributed by atoms with Crippen LogP contribution in [0.3, 0.4) is 0 Å². The summed E-state index contributed by atoms with van der Waals surface area (Å²) in [4.78, 5) is 25.8. The van der Waals surface area contributed by atoms with Gasteiger partial charge in [-0.15, -0.1) is 0 Å². The van der Waals surface area contributed by atoms with Gasteiger partial charge in [0.2, 0.25) is 5.91 Å². The van der Waals surface area contributed by atoms with Gasteiger partial charge in [0.15, 0.2) is 5.65 Å². The fourth-order valence-corrected chi connectivity index (χ4v) is 5.46. The number of aryl methyl sites for hydroxylation is 2. The maximum atomic E-state index is 11.7. The van der Waals surface area contributed by atoms with Crippen molar-refractivity contribution in [3.63, 3.8) is 0 Å². The smallest absolute Gasteiger partial charge is 0.219 e. The predicted molar refractivity (Wildman–Crippen MR) is 134 cm³/mol. The number of rotatable bonds is 5. The number of benzene rings is 1. The lowest BCUT2D eigenvalue weighted by Crippen LogP contribution is -2.38. The SMILES string of the molecule is CC(=O)N1CCC(c2cc3ncc(N4CCCC(COc5ccccc5C)C4)nc3n2C)CC1. The van der Waals surface area contributed by atoms with Crippen molar-refractivity contribution in [1.82, 2.24) is 19.4 Å². The van der Waals surface area contributed by atoms with Gasteiger partial charge in [-0.3, -0.25) is 4.79 Å². The molecule has 0 aliphatic carbocycles. The normalized spacial score (nSPS) is 19.6. The van der Waals surface area contributed by atoms with Crippen molar-refractivity contribution < 1.29 is 9.53 Å². The molecule has 2 fully saturated rings. The minimum Gasteiger partial charge on any atom is -0.493 e. The molecule has 0 saturated carbocycles. The first-order chi connectivity index (χ1) is 16.5. The molecule has 2 aliphatic heterocycles. The number of hydrogen-bond acceptors (Lipinski definition) is 5. The summed E-state index contributed by atoms with van der Waals surface area (Å²) in [6.07, 6.45) is 6.21. The van der Waals surface area contributed by atoms with Gasteiger partial charge in [-0.05, 0) is 50.3 Å². The fourth-order valence-electron chi connectivity index (χ4n) is 5.46. The van der Waals surface area contributed by atoms with Crippen LogP contribution >= 0.6 is 0 Å². The number of ether oxygens (including phenoxy) is 1. The zero-order valence-electron chi connectivity index (χ0n) is 20.5. The van der Waals surface area contributed by atoms with E-state index in [1.54, 1.807) is 6.92 Å². The molecule has 0 spiro atoms. The number of hydrogen-bond donors (Lipinski definition) is 0. The predicted octanol–water partition coefficient (Wildman–Crippen LogP) is 4.30. The quantitative estimate of drug-likeness (QED) is 0.567. The third-order valence-corrected chi connectivity index (χ3v) is 7.53. The van der Waals surface area contributed by atoms with E-state index in [9.17, 15) is 4.79 Å². The first-order valence-electron chi connectivity index (χ1n) is 12.5. The number of likely N-dealkylation sites (tertiary alicyclic amines) is 1. The highest BCUT2D eigenvalue weighted by molar-refractivity contribution is 5.75. The van der Waals surface area contributed by atoms with Crippen LogP contribution in [0.1, 0.15) is 49.8 Å². The number of amides is 1. The van der Waals surface area contributed by atoms with Gasteiger partial charge in [-0.1, -0.05) is 18.2 Å². The summed E-state index contributed by atoms with van der Waals surface area (Å²) in [6, 6.07) is 10.4. The minimum absolute atomic E-state index is 0.174. The zero-order chi connectivity index (χ0) is 23.7. The lowest BCUT2D eigenvalue weighted by atomic mass is 9.93. The molecule has 2 aliphatic rings. The summed E-state index contributed by atoms with van der Waals surface area (Å²) < 4.78 is 8.36. The summed E-state index contributed by atoms with van der Waals surface area (Å²) >= 11 is 0. The van der Waals surface area contributed by atoms with E-state index in [4.69, 9.17) is 14.7 Å². The molecule has 5 rings (SSSR count). The molecule has 180 valence electrons. The topological polar surface area (TPSA) is 63.5 Å². The molecule has 3 aromatic rings. The Morgan fingerprint density at radius 3 is 2.71 bits per heavy atom. The third-order valence-electron chi connectivity index (χ3n) is 7.53. The Bertz CT molecular complexity index is 1170. The first-order valence-corrected chi connectivity index (χ1v) is 12.5. The van der Waals surface area contributed by atoms with Crippen LogP contribution in [0.5, 0.6) is 5.75 Å². The van der Waals surface area contributed by atoms with Gasteiger partial charge in [0.05, 0.1) is 12.8 Å². The number of anilines is 1. The van der Waals surface area contributed by atoms with Crippen molar-refractivity contribution in [1.29, 1.82) is 0 Å². The summed E-state index contributed by atoms with van der Waals surface area (Å²) in [5.74, 6) is 3.02. The van der Waals surface area contributed by atoms with E-state index in [-0.39, 0.29) is 5.91 Å². The highest BCUT2D eigenvalue weighted by atomic mass is 16.5. The molecule has 2 saturated heterocycles. The van der Waals surface area contributed by atoms with Crippen molar-refractivity contribution >= 4 is 22.9 Å². The Hall–Kier alpha value is -3.09. The summed E-state index contributed by atoms with van der Waals surface area (Å²) in [6.45, 7) is 8.07. The average molecular weight is 462 g/mol. The third kappa shape index (κ3) is 4.61. The highest BCUT2D eigenvalue weighted by Crippen LogP contribution is 2.32. The van der Waals surface area contributed by atoms with Crippen molar-refractivity contribution in [2.45, 2.75) is 45.4 Å². The number of carbonyl (C=O) groups excluding carboxylic acids is 1. The van der Waals surface area contributed by atoms with Crippen LogP contribution in [0, 0.1) is 12.8 Å². The largest absolute Gasteiger partial charge is 0.493 e. The van der Waals surface area contributed by atoms with Crippen LogP contribution in [-0.2, 0) is 11.8 Å². The van der Waals surface area contributed by atoms with E-state index in [1.807, 2.05) is 29.3 Å². The van der Waals surface area contributed by atoms with Gasteiger partial charge in [-0.25, -0.2) is 9.97 Å². The second-order valence-electron chi connectivity index (χ2n) is 9.88. The first kappa shape index (κ1) is 22.7. The molecular weight excluding hydrogens is 426 g/mol. The Morgan fingerprint density at radius 2 is 1.94 bits per heavy atom. The number of carbonyl (C=O) groups is 1. The molecule has 34 heavy (non-hydrogen) atoms. The van der Waals surface area contributed by atoms with Gasteiger partial charge in [-0.2, -0.15) is 0 Å². The Kier molecular flexibility index (Phi) is 6.44. The Morgan fingerprint density at radius 1 is 1.15 bits per heavy atom. The maximum Gasteiger partial charge on any atom is 0.219 e. The molecule has 7 heteroatoms. The maximum absolute atomic E-state index is 11.7. The summed E-state index contributed by atoms with van der Waals surface area (Å²) in [7, 11) is 2.10. The lowest BCUT2D eigenvalue weighted by Gasteiger charge is -2.33. The van der Waals surface area contributed by atoms with Gasteiger partial charge in [0.1, 0.15) is 17.1 Å². The van der Waals surface area contributed by atoms with Gasteiger partial charge < -0.3 is 19.1 Å². The Balaban J connectivity index is 1.28. The van der Waals surface area contributed by atoms with E-state index in [1.165, 1.54) is 17.7 Å². The standard InChI is InChI=1S/C27H35N5O2/c1-19-7-4-5-9-25(19)34-18-21-8-6-12-32(17-21)26-16-28-23-15-24(30(3)27(23)29-26)22-10-13-31(14-11-22)20(2)33/h4-5,7,9,15-16,21-22H,6,8,10-14,17-18H2,1-3H3. The molecule has 0 N–H and O–H groups in total. The second-order valence-corrected chi connectivity index (χ2v) is 9.88. The fraction of sp³-hybridized carbons (Fsp3) is 0.519. The van der Waals surface area contributed by atoms with E-state index in [0.29, 0.717) is 11.8 Å². The van der Waals surface area contributed by atoms with Crippen LogP contribution in [0.25, 0.3) is 11.2 Å². The van der Waals surface area contributed by atoms with Crippen LogP contribution in [0.4, 0.5) is 5.82 Å². The molecule has 1 aromatic carbocycles. The summed E-state index contributed by atoms with van der Waals surface area (Å²) in [5.41, 5.74) is 4.35. The number of piperidine rings is 2. The molecule has 0 radical (unpaired) electrons. The zero-order valence-corrected chi connectivity index (χ0v) is 20.5. The van der Waals surface area contributed by atoms with Gasteiger partial charge in [0.25, 0.3) is 0 Å². The highest BCUT2D eigenvalue weighted by Gasteiger charge is 2.26. The molecule has 1 atom stereocenters. The molecule has 1 unspecified atom stereocenters. The minimum atomic E-state index is 0.174. The second kappa shape index (κ2) is 9.65. The molecule has 0 bridgehead atoms. The van der Waals surface area contributed by atoms with Crippen LogP contribution < -0.4 is 9.64 Å². The Labute approximate surface area is 201 Å². The number of nitrogens with zero attached hydrogens (tertiary/aromatic N) is 5. The van der Waals surface area contributed by atoms with Crippen LogP contribution in [0.2, 0.25) is 0 Å². The van der Waals surface area contributed by atoms with Crippen molar-refractivity contribution in [3.05, 3.63) is 47.8 Å². The van der Waals surface area contributed by atoms with Crippen LogP contribution in [-0.4, -0.2) is 58.1 Å². The molecule has 2 aromatic heterocycles. The van der Waals surface area contributed by atoms with E-state index in [2.05, 4.69) is 35.6 Å². The van der Waals surface area contributed by atoms with Crippen molar-refractivity contribution in [2.75, 3.05) is 37.7 Å². The number of para-hydroxylation sites is 1. The lowest BCUT2D eigenvalue weighted by molar-refractivity contribution is -0.129. The van der Waals surface area contributed by atoms with Crippen LogP contribution in [0.15, 0.2) is 36.5 Å². The molecular formula is C27H35N5O2. The average Bonchev–Trinajstić information content (AvgIpc) is 3.19. The van der Waals surface area contributed by atoms with E-state index >= 15 is 0 Å². The summed E-state index contributed by atoms with van der Waals surface area (Å²) in [5, 5.41) is 0. The number of aromatic nitrogens is 3. The van der Waals surface area contributed by atoms with Gasteiger partial charge in [0, 0.05) is 57.7 Å². The van der Waals surface area contributed by atoms with Crippen molar-refractivity contribution in [3.8, 4) is 5.75 Å². The molecule has 7 nitrogen and oxygen atoms in total. The number of fused-ring (bicyclic) bond motifs is 1. The van der Waals surface area contributed by atoms with E-state index in [0.717, 1.165) is 74.8 Å². The molecule has 1 amide bonds.